The molecule has 1 fully saturated rings. The van der Waals surface area contributed by atoms with E-state index in [2.05, 4.69) is 11.2 Å². The lowest BCUT2D eigenvalue weighted by Gasteiger charge is -2.10. The van der Waals surface area contributed by atoms with Gasteiger partial charge in [0.05, 0.1) is 17.6 Å². The number of nitrogens with zero attached hydrogens (tertiary/aromatic N) is 2. The van der Waals surface area contributed by atoms with Crippen LogP contribution in [0.1, 0.15) is 34.6 Å². The van der Waals surface area contributed by atoms with Gasteiger partial charge >= 0.3 is 5.97 Å². The Morgan fingerprint density at radius 2 is 1.65 bits per heavy atom. The third kappa shape index (κ3) is 5.73. The zero-order chi connectivity index (χ0) is 23.9. The molecule has 34 heavy (non-hydrogen) atoms. The number of carboxylic acid groups (broad SMARTS) is 1. The van der Waals surface area contributed by atoms with Crippen molar-refractivity contribution in [2.75, 3.05) is 13.7 Å². The van der Waals surface area contributed by atoms with Crippen LogP contribution in [0.2, 0.25) is 0 Å². The minimum Gasteiger partial charge on any atom is -0.489 e. The van der Waals surface area contributed by atoms with Crippen molar-refractivity contribution in [1.82, 2.24) is 0 Å². The van der Waals surface area contributed by atoms with Crippen LogP contribution >= 0.6 is 0 Å². The van der Waals surface area contributed by atoms with Crippen molar-refractivity contribution in [3.05, 3.63) is 95.1 Å². The van der Waals surface area contributed by atoms with E-state index in [9.17, 15) is 4.79 Å². The standard InChI is InChI=1S/C27H24N2O5/c1-32-29-26(21-6-2-18(15-28)3-7-21)17-34-22-10-4-19(5-11-22)16-33-23-12-8-20(9-13-23)24-14-25(24)27(30)31/h2-13,24-25H,14,16-17H2,1H3,(H,30,31). The molecule has 0 aromatic heterocycles. The van der Waals surface area contributed by atoms with Gasteiger partial charge in [0, 0.05) is 5.56 Å². The third-order valence-electron chi connectivity index (χ3n) is 5.67. The number of aliphatic carboxylic acids is 1. The second-order valence-electron chi connectivity index (χ2n) is 7.99. The minimum absolute atomic E-state index is 0.116. The highest BCUT2D eigenvalue weighted by molar-refractivity contribution is 6.01. The summed E-state index contributed by atoms with van der Waals surface area (Å²) in [7, 11) is 1.48. The molecule has 0 saturated heterocycles. The Balaban J connectivity index is 1.28. The van der Waals surface area contributed by atoms with Crippen LogP contribution in [0.15, 0.2) is 78.0 Å². The van der Waals surface area contributed by atoms with Gasteiger partial charge in [-0.25, -0.2) is 0 Å². The number of benzene rings is 3. The van der Waals surface area contributed by atoms with Gasteiger partial charge in [0.25, 0.3) is 0 Å². The molecular formula is C27H24N2O5. The molecule has 0 amide bonds. The zero-order valence-corrected chi connectivity index (χ0v) is 18.7. The molecule has 1 N–H and O–H groups in total. The molecule has 172 valence electrons. The zero-order valence-electron chi connectivity index (χ0n) is 18.7. The van der Waals surface area contributed by atoms with Crippen LogP contribution in [0.3, 0.4) is 0 Å². The number of hydrogen-bond acceptors (Lipinski definition) is 6. The molecule has 4 rings (SSSR count). The van der Waals surface area contributed by atoms with Gasteiger partial charge < -0.3 is 19.4 Å². The number of hydrogen-bond donors (Lipinski definition) is 1. The van der Waals surface area contributed by atoms with Crippen molar-refractivity contribution >= 4 is 11.7 Å². The van der Waals surface area contributed by atoms with E-state index in [1.165, 1.54) is 7.11 Å². The molecule has 7 nitrogen and oxygen atoms in total. The van der Waals surface area contributed by atoms with Gasteiger partial charge in [-0.3, -0.25) is 4.79 Å². The summed E-state index contributed by atoms with van der Waals surface area (Å²) in [6.45, 7) is 0.619. The maximum atomic E-state index is 11.0. The lowest BCUT2D eigenvalue weighted by atomic mass is 10.1. The van der Waals surface area contributed by atoms with E-state index in [1.54, 1.807) is 12.1 Å². The topological polar surface area (TPSA) is 101 Å². The summed E-state index contributed by atoms with van der Waals surface area (Å²) in [5.74, 6) is 0.551. The number of carboxylic acids is 1. The molecule has 1 aliphatic rings. The van der Waals surface area contributed by atoms with Gasteiger partial charge in [0.2, 0.25) is 0 Å². The fourth-order valence-electron chi connectivity index (χ4n) is 3.66. The number of carbonyl (C=O) groups is 1. The minimum atomic E-state index is -0.728. The summed E-state index contributed by atoms with van der Waals surface area (Å²) in [4.78, 5) is 16.0. The van der Waals surface area contributed by atoms with Gasteiger partial charge in [-0.15, -0.1) is 0 Å². The average molecular weight is 456 g/mol. The molecule has 1 saturated carbocycles. The molecule has 0 bridgehead atoms. The van der Waals surface area contributed by atoms with Crippen molar-refractivity contribution in [1.29, 1.82) is 5.26 Å². The summed E-state index contributed by atoms with van der Waals surface area (Å²) in [6.07, 6.45) is 0.705. The second kappa shape index (κ2) is 10.5. The van der Waals surface area contributed by atoms with Gasteiger partial charge in [-0.1, -0.05) is 41.6 Å². The molecule has 0 aliphatic heterocycles. The molecule has 3 aromatic carbocycles. The smallest absolute Gasteiger partial charge is 0.307 e. The predicted molar refractivity (Wildman–Crippen MR) is 126 cm³/mol. The van der Waals surface area contributed by atoms with Crippen LogP contribution in [0, 0.1) is 17.2 Å². The van der Waals surface area contributed by atoms with E-state index < -0.39 is 5.97 Å². The summed E-state index contributed by atoms with van der Waals surface area (Å²) in [5, 5.41) is 22.1. The molecule has 0 spiro atoms. The van der Waals surface area contributed by atoms with Crippen LogP contribution < -0.4 is 9.47 Å². The largest absolute Gasteiger partial charge is 0.489 e. The van der Waals surface area contributed by atoms with Crippen molar-refractivity contribution in [3.8, 4) is 17.6 Å². The number of ether oxygens (including phenoxy) is 2. The number of rotatable bonds is 10. The Labute approximate surface area is 197 Å². The Morgan fingerprint density at radius 1 is 1.00 bits per heavy atom. The number of oxime groups is 1. The molecule has 3 aromatic rings. The second-order valence-corrected chi connectivity index (χ2v) is 7.99. The van der Waals surface area contributed by atoms with Crippen LogP contribution in [0.4, 0.5) is 0 Å². The van der Waals surface area contributed by atoms with Crippen LogP contribution in [-0.2, 0) is 16.2 Å². The van der Waals surface area contributed by atoms with E-state index >= 15 is 0 Å². The lowest BCUT2D eigenvalue weighted by Crippen LogP contribution is -2.13. The first-order valence-electron chi connectivity index (χ1n) is 10.8. The highest BCUT2D eigenvalue weighted by Crippen LogP contribution is 2.47. The molecule has 2 atom stereocenters. The molecule has 2 unspecified atom stereocenters. The van der Waals surface area contributed by atoms with Crippen molar-refractivity contribution in [2.45, 2.75) is 18.9 Å². The highest BCUT2D eigenvalue weighted by Gasteiger charge is 2.44. The quantitative estimate of drug-likeness (QED) is 0.349. The highest BCUT2D eigenvalue weighted by atomic mass is 16.6. The van der Waals surface area contributed by atoms with Crippen molar-refractivity contribution < 1.29 is 24.2 Å². The van der Waals surface area contributed by atoms with E-state index in [4.69, 9.17) is 24.7 Å². The monoisotopic (exact) mass is 456 g/mol. The Hall–Kier alpha value is -4.31. The first kappa shape index (κ1) is 22.9. The molecule has 1 aliphatic carbocycles. The number of nitriles is 1. The maximum Gasteiger partial charge on any atom is 0.307 e. The van der Waals surface area contributed by atoms with Gasteiger partial charge in [0.15, 0.2) is 0 Å². The SMILES string of the molecule is CON=C(COc1ccc(COc2ccc(C3CC3C(=O)O)cc2)cc1)c1ccc(C#N)cc1. The first-order chi connectivity index (χ1) is 16.6. The Kier molecular flexibility index (Phi) is 7.09. The van der Waals surface area contributed by atoms with Crippen molar-refractivity contribution in [2.24, 2.45) is 11.1 Å². The molecule has 7 heteroatoms. The van der Waals surface area contributed by atoms with E-state index in [0.717, 1.165) is 22.4 Å². The van der Waals surface area contributed by atoms with E-state index in [-0.39, 0.29) is 18.4 Å². The Bertz CT molecular complexity index is 1200. The van der Waals surface area contributed by atoms with E-state index in [1.807, 2.05) is 60.7 Å². The van der Waals surface area contributed by atoms with E-state index in [0.29, 0.717) is 30.1 Å². The summed E-state index contributed by atoms with van der Waals surface area (Å²) < 4.78 is 11.7. The van der Waals surface area contributed by atoms with Crippen LogP contribution in [0.25, 0.3) is 0 Å². The van der Waals surface area contributed by atoms with Crippen LogP contribution in [-0.4, -0.2) is 30.5 Å². The first-order valence-corrected chi connectivity index (χ1v) is 10.8. The normalized spacial score (nSPS) is 16.9. The van der Waals surface area contributed by atoms with Crippen molar-refractivity contribution in [3.63, 3.8) is 0 Å². The average Bonchev–Trinajstić information content (AvgIpc) is 3.68. The van der Waals surface area contributed by atoms with Gasteiger partial charge in [-0.2, -0.15) is 5.26 Å². The molecule has 0 heterocycles. The molecular weight excluding hydrogens is 432 g/mol. The third-order valence-corrected chi connectivity index (χ3v) is 5.67. The summed E-state index contributed by atoms with van der Waals surface area (Å²) in [6, 6.07) is 24.4. The van der Waals surface area contributed by atoms with Gasteiger partial charge in [0.1, 0.15) is 37.5 Å². The molecule has 0 radical (unpaired) electrons. The maximum absolute atomic E-state index is 11.0. The fourth-order valence-corrected chi connectivity index (χ4v) is 3.66. The van der Waals surface area contributed by atoms with Crippen LogP contribution in [0.5, 0.6) is 11.5 Å². The lowest BCUT2D eigenvalue weighted by molar-refractivity contribution is -0.138. The fraction of sp³-hybridized carbons (Fsp3) is 0.222. The predicted octanol–water partition coefficient (Wildman–Crippen LogP) is 4.75. The summed E-state index contributed by atoms with van der Waals surface area (Å²) >= 11 is 0. The Morgan fingerprint density at radius 3 is 2.24 bits per heavy atom. The summed E-state index contributed by atoms with van der Waals surface area (Å²) in [5.41, 5.74) is 4.03. The van der Waals surface area contributed by atoms with Gasteiger partial charge in [-0.05, 0) is 59.9 Å².